The van der Waals surface area contributed by atoms with Crippen LogP contribution in [0.2, 0.25) is 0 Å². The number of tetrazole rings is 1. The van der Waals surface area contributed by atoms with Crippen molar-refractivity contribution >= 4 is 11.8 Å². The van der Waals surface area contributed by atoms with E-state index in [1.54, 1.807) is 24.3 Å². The van der Waals surface area contributed by atoms with Gasteiger partial charge in [-0.3, -0.25) is 9.59 Å². The number of nitrogens with zero attached hydrogens (tertiary/aromatic N) is 4. The fourth-order valence-corrected chi connectivity index (χ4v) is 2.20. The van der Waals surface area contributed by atoms with Crippen molar-refractivity contribution in [2.75, 3.05) is 6.54 Å². The van der Waals surface area contributed by atoms with Crippen LogP contribution in [0.3, 0.4) is 0 Å². The molecular formula is C13H14N6O2. The third-order valence-electron chi connectivity index (χ3n) is 3.33. The molecular weight excluding hydrogens is 272 g/mol. The van der Waals surface area contributed by atoms with Gasteiger partial charge in [0.05, 0.1) is 5.69 Å². The number of hydrogen-bond donors (Lipinski definition) is 2. The average Bonchev–Trinajstić information content (AvgIpc) is 3.04. The molecule has 2 heterocycles. The highest BCUT2D eigenvalue weighted by Gasteiger charge is 2.23. The Morgan fingerprint density at radius 1 is 1.33 bits per heavy atom. The van der Waals surface area contributed by atoms with Gasteiger partial charge in [0.2, 0.25) is 5.91 Å². The molecule has 2 N–H and O–H groups in total. The van der Waals surface area contributed by atoms with Crippen LogP contribution in [0.4, 0.5) is 0 Å². The highest BCUT2D eigenvalue weighted by molar-refractivity contribution is 5.97. The first-order chi connectivity index (χ1) is 10.2. The minimum Gasteiger partial charge on any atom is -0.354 e. The van der Waals surface area contributed by atoms with Gasteiger partial charge in [0.1, 0.15) is 12.4 Å². The van der Waals surface area contributed by atoms with Gasteiger partial charge in [-0.15, -0.1) is 5.10 Å². The maximum atomic E-state index is 12.1. The molecule has 1 atom stereocenters. The predicted octanol–water partition coefficient (Wildman–Crippen LogP) is -0.329. The fourth-order valence-electron chi connectivity index (χ4n) is 2.20. The Morgan fingerprint density at radius 3 is 2.81 bits per heavy atom. The fraction of sp³-hybridized carbons (Fsp3) is 0.308. The van der Waals surface area contributed by atoms with Crippen molar-refractivity contribution in [2.24, 2.45) is 0 Å². The Morgan fingerprint density at radius 2 is 2.14 bits per heavy atom. The number of benzene rings is 1. The molecule has 2 amide bonds. The molecule has 0 saturated carbocycles. The number of amides is 2. The van der Waals surface area contributed by atoms with Gasteiger partial charge in [0.25, 0.3) is 5.91 Å². The Kier molecular flexibility index (Phi) is 3.59. The zero-order valence-corrected chi connectivity index (χ0v) is 11.2. The number of hydrogen-bond acceptors (Lipinski definition) is 5. The minimum absolute atomic E-state index is 0.125. The Labute approximate surface area is 120 Å². The summed E-state index contributed by atoms with van der Waals surface area (Å²) >= 11 is 0. The van der Waals surface area contributed by atoms with Crippen molar-refractivity contribution in [3.05, 3.63) is 36.2 Å². The van der Waals surface area contributed by atoms with Crippen molar-refractivity contribution in [2.45, 2.75) is 18.9 Å². The molecule has 8 nitrogen and oxygen atoms in total. The summed E-state index contributed by atoms with van der Waals surface area (Å²) < 4.78 is 1.50. The summed E-state index contributed by atoms with van der Waals surface area (Å²) in [5.41, 5.74) is 1.25. The number of piperidine rings is 1. The topological polar surface area (TPSA) is 102 Å². The van der Waals surface area contributed by atoms with E-state index in [1.807, 2.05) is 0 Å². The van der Waals surface area contributed by atoms with E-state index in [-0.39, 0.29) is 11.8 Å². The summed E-state index contributed by atoms with van der Waals surface area (Å²) in [6, 6.07) is 6.38. The summed E-state index contributed by atoms with van der Waals surface area (Å²) in [5.74, 6) is -0.389. The average molecular weight is 286 g/mol. The van der Waals surface area contributed by atoms with Gasteiger partial charge >= 0.3 is 0 Å². The zero-order chi connectivity index (χ0) is 14.7. The summed E-state index contributed by atoms with van der Waals surface area (Å²) in [6.07, 6.45) is 3.01. The number of rotatable bonds is 3. The van der Waals surface area contributed by atoms with Gasteiger partial charge in [0.15, 0.2) is 0 Å². The standard InChI is InChI=1S/C13H14N6O2/c20-12(16-11-2-1-7-14-13(11)21)9-3-5-10(6-4-9)19-8-15-17-18-19/h3-6,8,11H,1-2,7H2,(H,14,21)(H,16,20). The molecule has 1 aromatic carbocycles. The highest BCUT2D eigenvalue weighted by Crippen LogP contribution is 2.09. The number of aromatic nitrogens is 4. The normalized spacial score (nSPS) is 18.1. The van der Waals surface area contributed by atoms with Gasteiger partial charge in [0, 0.05) is 12.1 Å². The van der Waals surface area contributed by atoms with Gasteiger partial charge in [-0.05, 0) is 47.5 Å². The minimum atomic E-state index is -0.453. The first-order valence-corrected chi connectivity index (χ1v) is 6.66. The van der Waals surface area contributed by atoms with Crippen LogP contribution in [0.1, 0.15) is 23.2 Å². The molecule has 1 unspecified atom stereocenters. The molecule has 108 valence electrons. The molecule has 1 aromatic heterocycles. The summed E-state index contributed by atoms with van der Waals surface area (Å²) in [7, 11) is 0. The second-order valence-corrected chi connectivity index (χ2v) is 4.76. The van der Waals surface area contributed by atoms with Crippen molar-refractivity contribution in [1.29, 1.82) is 0 Å². The molecule has 1 aliphatic heterocycles. The third-order valence-corrected chi connectivity index (χ3v) is 3.33. The molecule has 0 bridgehead atoms. The van der Waals surface area contributed by atoms with Crippen LogP contribution in [0.5, 0.6) is 0 Å². The second kappa shape index (κ2) is 5.70. The van der Waals surface area contributed by atoms with Crippen LogP contribution in [-0.2, 0) is 4.79 Å². The lowest BCUT2D eigenvalue weighted by molar-refractivity contribution is -0.124. The maximum Gasteiger partial charge on any atom is 0.251 e. The summed E-state index contributed by atoms with van der Waals surface area (Å²) in [4.78, 5) is 23.7. The smallest absolute Gasteiger partial charge is 0.251 e. The molecule has 1 fully saturated rings. The molecule has 2 aromatic rings. The van der Waals surface area contributed by atoms with E-state index in [1.165, 1.54) is 11.0 Å². The van der Waals surface area contributed by atoms with E-state index in [9.17, 15) is 9.59 Å². The highest BCUT2D eigenvalue weighted by atomic mass is 16.2. The van der Waals surface area contributed by atoms with Crippen LogP contribution in [0.15, 0.2) is 30.6 Å². The van der Waals surface area contributed by atoms with Crippen molar-refractivity contribution in [3.8, 4) is 5.69 Å². The van der Waals surface area contributed by atoms with Gasteiger partial charge < -0.3 is 10.6 Å². The van der Waals surface area contributed by atoms with Crippen LogP contribution in [0.25, 0.3) is 5.69 Å². The van der Waals surface area contributed by atoms with E-state index in [0.717, 1.165) is 12.1 Å². The maximum absolute atomic E-state index is 12.1. The lowest BCUT2D eigenvalue weighted by Crippen LogP contribution is -2.50. The van der Waals surface area contributed by atoms with E-state index >= 15 is 0 Å². The summed E-state index contributed by atoms with van der Waals surface area (Å²) in [5, 5.41) is 16.3. The van der Waals surface area contributed by atoms with Crippen LogP contribution >= 0.6 is 0 Å². The summed E-state index contributed by atoms with van der Waals surface area (Å²) in [6.45, 7) is 0.672. The lowest BCUT2D eigenvalue weighted by atomic mass is 10.1. The van der Waals surface area contributed by atoms with Crippen molar-refractivity contribution in [3.63, 3.8) is 0 Å². The molecule has 1 saturated heterocycles. The van der Waals surface area contributed by atoms with Gasteiger partial charge in [-0.2, -0.15) is 0 Å². The Hall–Kier alpha value is -2.77. The number of carbonyl (C=O) groups excluding carboxylic acids is 2. The monoisotopic (exact) mass is 286 g/mol. The predicted molar refractivity (Wildman–Crippen MR) is 72.7 cm³/mol. The van der Waals surface area contributed by atoms with Gasteiger partial charge in [-0.1, -0.05) is 0 Å². The molecule has 0 spiro atoms. The first kappa shape index (κ1) is 13.2. The van der Waals surface area contributed by atoms with E-state index < -0.39 is 6.04 Å². The number of carbonyl (C=O) groups is 2. The zero-order valence-electron chi connectivity index (χ0n) is 11.2. The van der Waals surface area contributed by atoms with E-state index in [2.05, 4.69) is 26.2 Å². The van der Waals surface area contributed by atoms with E-state index in [4.69, 9.17) is 0 Å². The Bertz CT molecular complexity index is 637. The molecule has 0 radical (unpaired) electrons. The molecule has 8 heteroatoms. The molecule has 3 rings (SSSR count). The number of nitrogens with one attached hydrogen (secondary N) is 2. The SMILES string of the molecule is O=C(NC1CCCNC1=O)c1ccc(-n2cnnn2)cc1. The first-order valence-electron chi connectivity index (χ1n) is 6.66. The molecule has 0 aliphatic carbocycles. The molecule has 21 heavy (non-hydrogen) atoms. The van der Waals surface area contributed by atoms with Crippen molar-refractivity contribution < 1.29 is 9.59 Å². The van der Waals surface area contributed by atoms with Gasteiger partial charge in [-0.25, -0.2) is 4.68 Å². The van der Waals surface area contributed by atoms with Crippen LogP contribution in [-0.4, -0.2) is 44.6 Å². The van der Waals surface area contributed by atoms with Crippen LogP contribution in [0, 0.1) is 0 Å². The van der Waals surface area contributed by atoms with Crippen molar-refractivity contribution in [1.82, 2.24) is 30.8 Å². The quantitative estimate of drug-likeness (QED) is 0.804. The Balaban J connectivity index is 1.69. The van der Waals surface area contributed by atoms with E-state index in [0.29, 0.717) is 18.5 Å². The molecule has 1 aliphatic rings. The largest absolute Gasteiger partial charge is 0.354 e. The second-order valence-electron chi connectivity index (χ2n) is 4.76. The van der Waals surface area contributed by atoms with Crippen LogP contribution < -0.4 is 10.6 Å². The third kappa shape index (κ3) is 2.88. The lowest BCUT2D eigenvalue weighted by Gasteiger charge is -2.22.